The molecule has 5 nitrogen and oxygen atoms in total. The van der Waals surface area contributed by atoms with E-state index in [4.69, 9.17) is 14.7 Å². The summed E-state index contributed by atoms with van der Waals surface area (Å²) < 4.78 is 8.43. The Kier molecular flexibility index (Phi) is 6.92. The van der Waals surface area contributed by atoms with Gasteiger partial charge < -0.3 is 14.1 Å². The van der Waals surface area contributed by atoms with E-state index < -0.39 is 0 Å². The first kappa shape index (κ1) is 26.9. The number of para-hydroxylation sites is 2. The molecule has 0 fully saturated rings. The van der Waals surface area contributed by atoms with Crippen LogP contribution in [-0.2, 0) is 26.5 Å². The molecule has 202 valence electrons. The first-order valence-corrected chi connectivity index (χ1v) is 13.3. The van der Waals surface area contributed by atoms with E-state index in [1.54, 1.807) is 0 Å². The molecule has 0 bridgehead atoms. The minimum absolute atomic E-state index is 0. The van der Waals surface area contributed by atoms with Gasteiger partial charge in [-0.2, -0.15) is 0 Å². The van der Waals surface area contributed by atoms with Crippen LogP contribution in [0.4, 0.5) is 0 Å². The van der Waals surface area contributed by atoms with Gasteiger partial charge in [0.2, 0.25) is 0 Å². The van der Waals surface area contributed by atoms with Crippen molar-refractivity contribution in [3.8, 4) is 33.9 Å². The minimum atomic E-state index is -0.174. The monoisotopic (exact) mass is 713 g/mol. The third kappa shape index (κ3) is 5.03. The second-order valence-electron chi connectivity index (χ2n) is 10.9. The van der Waals surface area contributed by atoms with Gasteiger partial charge in [0.25, 0.3) is 0 Å². The summed E-state index contributed by atoms with van der Waals surface area (Å²) in [5.41, 5.74) is 7.37. The molecule has 0 atom stereocenters. The molecule has 0 spiro atoms. The topological polar surface area (TPSA) is 52.3 Å². The maximum Gasteiger partial charge on any atom is 2.00 e. The van der Waals surface area contributed by atoms with Gasteiger partial charge in [-0.1, -0.05) is 92.9 Å². The van der Waals surface area contributed by atoms with Crippen molar-refractivity contribution >= 4 is 27.6 Å². The van der Waals surface area contributed by atoms with Crippen molar-refractivity contribution in [3.63, 3.8) is 0 Å². The van der Waals surface area contributed by atoms with Crippen LogP contribution in [0.15, 0.2) is 103 Å². The molecule has 3 heterocycles. The Morgan fingerprint density at radius 1 is 0.707 bits per heavy atom. The molecule has 0 radical (unpaired) electrons. The summed E-state index contributed by atoms with van der Waals surface area (Å²) in [7, 11) is 0. The second-order valence-corrected chi connectivity index (χ2v) is 10.9. The predicted molar refractivity (Wildman–Crippen MR) is 160 cm³/mol. The zero-order chi connectivity index (χ0) is 27.3. The van der Waals surface area contributed by atoms with Crippen LogP contribution in [0.5, 0.6) is 11.5 Å². The van der Waals surface area contributed by atoms with Crippen molar-refractivity contribution in [1.82, 2.24) is 19.4 Å². The number of ether oxygens (including phenoxy) is 1. The molecule has 3 aromatic heterocycles. The molecule has 7 aromatic rings. The number of imidazole rings is 1. The van der Waals surface area contributed by atoms with Crippen molar-refractivity contribution in [2.45, 2.75) is 26.2 Å². The van der Waals surface area contributed by atoms with Gasteiger partial charge in [-0.3, -0.25) is 9.97 Å². The number of hydrogen-bond acceptors (Lipinski definition) is 4. The molecule has 0 saturated carbocycles. The summed E-state index contributed by atoms with van der Waals surface area (Å²) in [4.78, 5) is 14.6. The Bertz CT molecular complexity index is 2030. The summed E-state index contributed by atoms with van der Waals surface area (Å²) in [6.45, 7) is 6.51. The quantitative estimate of drug-likeness (QED) is 0.172. The van der Waals surface area contributed by atoms with Crippen molar-refractivity contribution in [3.05, 3.63) is 121 Å². The van der Waals surface area contributed by atoms with E-state index >= 15 is 0 Å². The summed E-state index contributed by atoms with van der Waals surface area (Å²) in [6.07, 6.45) is 1.83. The smallest absolute Gasteiger partial charge is 0.497 e. The van der Waals surface area contributed by atoms with Gasteiger partial charge in [0.1, 0.15) is 5.82 Å². The number of pyridine rings is 1. The number of benzene rings is 4. The summed E-state index contributed by atoms with van der Waals surface area (Å²) in [5.74, 6) is 2.12. The Hall–Kier alpha value is -4.34. The van der Waals surface area contributed by atoms with Gasteiger partial charge in [-0.05, 0) is 40.5 Å². The molecular weight excluding hydrogens is 687 g/mol. The van der Waals surface area contributed by atoms with Crippen LogP contribution in [0, 0.1) is 12.1 Å². The molecule has 0 amide bonds. The summed E-state index contributed by atoms with van der Waals surface area (Å²) in [5, 5.41) is 0.815. The Balaban J connectivity index is 0.00000302. The average Bonchev–Trinajstić information content (AvgIpc) is 3.37. The Morgan fingerprint density at radius 3 is 2.32 bits per heavy atom. The maximum atomic E-state index is 6.28. The third-order valence-electron chi connectivity index (χ3n) is 6.92. The second kappa shape index (κ2) is 10.6. The van der Waals surface area contributed by atoms with Crippen LogP contribution in [0.25, 0.3) is 50.0 Å². The molecule has 0 unspecified atom stereocenters. The molecule has 0 aliphatic heterocycles. The Morgan fingerprint density at radius 2 is 1.49 bits per heavy atom. The SMILES string of the molecule is CC(C)(C)c1nc2ccc(Oc3[c-]c(-c4cc(-c5ccccc5)ccn4)ccc3)[c-]c2c2nc3ccccc3n12.[Pt+2]. The molecular formula is C35H26N4OPt. The van der Waals surface area contributed by atoms with Gasteiger partial charge in [-0.25, -0.2) is 0 Å². The van der Waals surface area contributed by atoms with Crippen LogP contribution in [-0.4, -0.2) is 19.4 Å². The predicted octanol–water partition coefficient (Wildman–Crippen LogP) is 8.45. The van der Waals surface area contributed by atoms with Gasteiger partial charge in [0.05, 0.1) is 16.7 Å². The number of rotatable bonds is 4. The van der Waals surface area contributed by atoms with Crippen molar-refractivity contribution in [2.24, 2.45) is 0 Å². The van der Waals surface area contributed by atoms with Crippen LogP contribution in [0.2, 0.25) is 0 Å². The summed E-state index contributed by atoms with van der Waals surface area (Å²) in [6, 6.07) is 39.1. The van der Waals surface area contributed by atoms with Crippen LogP contribution >= 0.6 is 0 Å². The normalized spacial score (nSPS) is 11.6. The number of aromatic nitrogens is 4. The molecule has 6 heteroatoms. The molecule has 0 aliphatic rings. The van der Waals surface area contributed by atoms with E-state index in [9.17, 15) is 0 Å². The first-order chi connectivity index (χ1) is 19.4. The van der Waals surface area contributed by atoms with Crippen molar-refractivity contribution in [2.75, 3.05) is 0 Å². The van der Waals surface area contributed by atoms with Crippen LogP contribution in [0.3, 0.4) is 0 Å². The van der Waals surface area contributed by atoms with Gasteiger partial charge in [0, 0.05) is 23.1 Å². The van der Waals surface area contributed by atoms with Gasteiger partial charge in [-0.15, -0.1) is 29.8 Å². The number of fused-ring (bicyclic) bond motifs is 5. The first-order valence-electron chi connectivity index (χ1n) is 13.3. The molecule has 7 rings (SSSR count). The van der Waals surface area contributed by atoms with Gasteiger partial charge in [0.15, 0.2) is 0 Å². The fourth-order valence-corrected chi connectivity index (χ4v) is 5.03. The average molecular weight is 714 g/mol. The van der Waals surface area contributed by atoms with E-state index in [2.05, 4.69) is 66.6 Å². The van der Waals surface area contributed by atoms with E-state index in [0.29, 0.717) is 11.5 Å². The fraction of sp³-hybridized carbons (Fsp3) is 0.114. The standard InChI is InChI=1S/C35H26N4O.Pt/c1-35(2,3)34-38-29-17-16-27(22-28(29)33-37-30-14-7-8-15-32(30)39(33)34)40-26-13-9-12-25(20-26)31-21-24(18-19-36-31)23-10-5-4-6-11-23;/h4-19,21H,1-3H3;/q-2;+2. The van der Waals surface area contributed by atoms with E-state index in [-0.39, 0.29) is 26.5 Å². The fourth-order valence-electron chi connectivity index (χ4n) is 5.03. The summed E-state index contributed by atoms with van der Waals surface area (Å²) >= 11 is 0. The molecule has 4 aromatic carbocycles. The number of nitrogens with zero attached hydrogens (tertiary/aromatic N) is 4. The van der Waals surface area contributed by atoms with Crippen LogP contribution < -0.4 is 4.74 Å². The molecule has 0 aliphatic carbocycles. The Labute approximate surface area is 253 Å². The zero-order valence-electron chi connectivity index (χ0n) is 22.8. The van der Waals surface area contributed by atoms with Gasteiger partial charge >= 0.3 is 21.1 Å². The van der Waals surface area contributed by atoms with E-state index in [1.165, 1.54) is 0 Å². The zero-order valence-corrected chi connectivity index (χ0v) is 25.1. The molecule has 41 heavy (non-hydrogen) atoms. The van der Waals surface area contributed by atoms with E-state index in [1.807, 2.05) is 79.0 Å². The van der Waals surface area contributed by atoms with Crippen LogP contribution in [0.1, 0.15) is 26.6 Å². The minimum Gasteiger partial charge on any atom is -0.497 e. The van der Waals surface area contributed by atoms with Crippen molar-refractivity contribution < 1.29 is 25.8 Å². The third-order valence-corrected chi connectivity index (χ3v) is 6.92. The number of hydrogen-bond donors (Lipinski definition) is 0. The van der Waals surface area contributed by atoms with E-state index in [0.717, 1.165) is 55.8 Å². The largest absolute Gasteiger partial charge is 2.00 e. The molecule has 0 N–H and O–H groups in total. The maximum absolute atomic E-state index is 6.28. The molecule has 0 saturated heterocycles. The van der Waals surface area contributed by atoms with Crippen molar-refractivity contribution in [1.29, 1.82) is 0 Å².